The summed E-state index contributed by atoms with van der Waals surface area (Å²) in [6.45, 7) is 1.14. The number of hydrogen-bond donors (Lipinski definition) is 3. The van der Waals surface area contributed by atoms with Crippen molar-refractivity contribution in [3.8, 4) is 0 Å². The molecule has 11 nitrogen and oxygen atoms in total. The first kappa shape index (κ1) is 23.9. The quantitative estimate of drug-likeness (QED) is 0.214. The topological polar surface area (TPSA) is 138 Å². The van der Waals surface area contributed by atoms with Crippen LogP contribution < -0.4 is 5.43 Å². The van der Waals surface area contributed by atoms with E-state index in [0.717, 1.165) is 16.9 Å². The van der Waals surface area contributed by atoms with E-state index >= 15 is 0 Å². The number of carbonyl (C=O) groups is 3. The SMILES string of the molecule is CC(=O)N(C(=O)CC(=O)NN(C)C(=NO)c1ccccc1)N(C)C(=NO)c1ccccc1. The zero-order valence-electron chi connectivity index (χ0n) is 17.8. The molecular weight excluding hydrogens is 416 g/mol. The number of carbonyl (C=O) groups excluding carboxylic acids is 3. The van der Waals surface area contributed by atoms with E-state index in [4.69, 9.17) is 0 Å². The summed E-state index contributed by atoms with van der Waals surface area (Å²) in [6.07, 6.45) is -0.699. The Morgan fingerprint density at radius 2 is 1.31 bits per heavy atom. The van der Waals surface area contributed by atoms with Crippen molar-refractivity contribution < 1.29 is 24.8 Å². The molecule has 0 bridgehead atoms. The van der Waals surface area contributed by atoms with Gasteiger partial charge in [0.25, 0.3) is 5.91 Å². The molecule has 0 spiro atoms. The van der Waals surface area contributed by atoms with Crippen molar-refractivity contribution in [3.63, 3.8) is 0 Å². The van der Waals surface area contributed by atoms with Gasteiger partial charge in [0, 0.05) is 32.1 Å². The van der Waals surface area contributed by atoms with Gasteiger partial charge in [0.1, 0.15) is 6.42 Å². The second kappa shape index (κ2) is 11.1. The number of oxime groups is 2. The van der Waals surface area contributed by atoms with Gasteiger partial charge in [-0.2, -0.15) is 5.01 Å². The summed E-state index contributed by atoms with van der Waals surface area (Å²) in [5.74, 6) is -2.31. The van der Waals surface area contributed by atoms with Crippen LogP contribution in [0.15, 0.2) is 71.0 Å². The highest BCUT2D eigenvalue weighted by molar-refractivity contribution is 6.07. The van der Waals surface area contributed by atoms with Crippen LogP contribution in [-0.4, -0.2) is 68.9 Å². The van der Waals surface area contributed by atoms with Gasteiger partial charge in [-0.3, -0.25) is 29.8 Å². The van der Waals surface area contributed by atoms with E-state index in [2.05, 4.69) is 15.7 Å². The molecule has 32 heavy (non-hydrogen) atoms. The van der Waals surface area contributed by atoms with Crippen LogP contribution in [0.5, 0.6) is 0 Å². The van der Waals surface area contributed by atoms with E-state index in [-0.39, 0.29) is 11.7 Å². The first-order chi connectivity index (χ1) is 15.3. The molecule has 11 heteroatoms. The van der Waals surface area contributed by atoms with Gasteiger partial charge in [-0.05, 0) is 0 Å². The van der Waals surface area contributed by atoms with Crippen molar-refractivity contribution >= 4 is 29.4 Å². The van der Waals surface area contributed by atoms with E-state index in [1.807, 2.05) is 0 Å². The summed E-state index contributed by atoms with van der Waals surface area (Å²) in [4.78, 5) is 37.3. The van der Waals surface area contributed by atoms with E-state index in [9.17, 15) is 24.8 Å². The van der Waals surface area contributed by atoms with Gasteiger partial charge < -0.3 is 10.4 Å². The predicted octanol–water partition coefficient (Wildman–Crippen LogP) is 1.23. The summed E-state index contributed by atoms with van der Waals surface area (Å²) in [5.41, 5.74) is 3.39. The lowest BCUT2D eigenvalue weighted by Gasteiger charge is -2.31. The van der Waals surface area contributed by atoms with Crippen LogP contribution in [0.25, 0.3) is 0 Å². The third-order valence-electron chi connectivity index (χ3n) is 4.32. The van der Waals surface area contributed by atoms with E-state index in [0.29, 0.717) is 16.1 Å². The van der Waals surface area contributed by atoms with Gasteiger partial charge in [-0.1, -0.05) is 71.0 Å². The first-order valence-corrected chi connectivity index (χ1v) is 9.45. The Morgan fingerprint density at radius 3 is 1.75 bits per heavy atom. The predicted molar refractivity (Wildman–Crippen MR) is 115 cm³/mol. The molecule has 0 atom stereocenters. The molecule has 0 aliphatic heterocycles. The summed E-state index contributed by atoms with van der Waals surface area (Å²) < 4.78 is 0. The Kier molecular flexibility index (Phi) is 8.29. The van der Waals surface area contributed by atoms with Crippen molar-refractivity contribution in [2.45, 2.75) is 13.3 Å². The normalized spacial score (nSPS) is 11.5. The van der Waals surface area contributed by atoms with E-state index in [1.165, 1.54) is 14.1 Å². The fraction of sp³-hybridized carbons (Fsp3) is 0.190. The van der Waals surface area contributed by atoms with Crippen LogP contribution in [0.3, 0.4) is 0 Å². The average molecular weight is 440 g/mol. The molecule has 0 saturated heterocycles. The Hall–Kier alpha value is -4.41. The number of nitrogens with one attached hydrogen (secondary N) is 1. The number of rotatable bonds is 4. The molecule has 0 aliphatic rings. The van der Waals surface area contributed by atoms with Gasteiger partial charge in [-0.25, -0.2) is 0 Å². The Labute approximate surface area is 184 Å². The lowest BCUT2D eigenvalue weighted by atomic mass is 10.2. The maximum absolute atomic E-state index is 12.7. The number of nitrogens with zero attached hydrogens (tertiary/aromatic N) is 5. The lowest BCUT2D eigenvalue weighted by Crippen LogP contribution is -2.52. The van der Waals surface area contributed by atoms with Crippen LogP contribution in [0.2, 0.25) is 0 Å². The highest BCUT2D eigenvalue weighted by Gasteiger charge is 2.28. The van der Waals surface area contributed by atoms with Gasteiger partial charge in [0.05, 0.1) is 0 Å². The standard InChI is InChI=1S/C21H24N6O5/c1-15(28)27(26(3)21(24-32)17-12-8-5-9-13-17)19(30)14-18(29)22-25(2)20(23-31)16-10-6-4-7-11-16/h4-13,31-32H,14H2,1-3H3,(H,22,29). The fourth-order valence-electron chi connectivity index (χ4n) is 2.94. The number of imide groups is 1. The number of amides is 3. The monoisotopic (exact) mass is 440 g/mol. The first-order valence-electron chi connectivity index (χ1n) is 9.45. The molecular formula is C21H24N6O5. The van der Waals surface area contributed by atoms with Crippen molar-refractivity contribution in [1.82, 2.24) is 20.5 Å². The summed E-state index contributed by atoms with van der Waals surface area (Å²) >= 11 is 0. The minimum absolute atomic E-state index is 0.0470. The van der Waals surface area contributed by atoms with Crippen molar-refractivity contribution in [2.75, 3.05) is 14.1 Å². The van der Waals surface area contributed by atoms with E-state index in [1.54, 1.807) is 60.7 Å². The smallest absolute Gasteiger partial charge is 0.257 e. The van der Waals surface area contributed by atoms with Gasteiger partial charge in [0.15, 0.2) is 11.7 Å². The van der Waals surface area contributed by atoms with Crippen molar-refractivity contribution in [2.24, 2.45) is 10.3 Å². The fourth-order valence-corrected chi connectivity index (χ4v) is 2.94. The highest BCUT2D eigenvalue weighted by Crippen LogP contribution is 2.10. The zero-order chi connectivity index (χ0) is 23.7. The molecule has 2 rings (SSSR count). The van der Waals surface area contributed by atoms with Gasteiger partial charge in [0.2, 0.25) is 11.8 Å². The lowest BCUT2D eigenvalue weighted by molar-refractivity contribution is -0.156. The largest absolute Gasteiger partial charge is 0.409 e. The molecule has 3 N–H and O–H groups in total. The molecule has 0 radical (unpaired) electrons. The average Bonchev–Trinajstić information content (AvgIpc) is 2.76. The Balaban J connectivity index is 2.12. The number of benzene rings is 2. The molecule has 0 aromatic heterocycles. The minimum Gasteiger partial charge on any atom is -0.409 e. The van der Waals surface area contributed by atoms with Crippen molar-refractivity contribution in [1.29, 1.82) is 0 Å². The van der Waals surface area contributed by atoms with Gasteiger partial charge >= 0.3 is 0 Å². The molecule has 2 aromatic carbocycles. The Morgan fingerprint density at radius 1 is 0.844 bits per heavy atom. The molecule has 0 unspecified atom stereocenters. The summed E-state index contributed by atoms with van der Waals surface area (Å²) in [5, 5.41) is 28.0. The highest BCUT2D eigenvalue weighted by atomic mass is 16.4. The second-order valence-electron chi connectivity index (χ2n) is 6.60. The van der Waals surface area contributed by atoms with Crippen molar-refractivity contribution in [3.05, 3.63) is 71.8 Å². The minimum atomic E-state index is -0.856. The molecule has 0 aliphatic carbocycles. The van der Waals surface area contributed by atoms with Crippen LogP contribution in [0.4, 0.5) is 0 Å². The number of hydrogen-bond acceptors (Lipinski definition) is 7. The third kappa shape index (κ3) is 5.81. The third-order valence-corrected chi connectivity index (χ3v) is 4.32. The summed E-state index contributed by atoms with van der Waals surface area (Å²) in [6, 6.07) is 17.0. The van der Waals surface area contributed by atoms with Crippen LogP contribution in [0.1, 0.15) is 24.5 Å². The molecule has 168 valence electrons. The van der Waals surface area contributed by atoms with E-state index < -0.39 is 24.1 Å². The number of amidine groups is 2. The maximum Gasteiger partial charge on any atom is 0.257 e. The van der Waals surface area contributed by atoms with Gasteiger partial charge in [-0.15, -0.1) is 0 Å². The molecule has 3 amide bonds. The molecule has 0 heterocycles. The molecule has 2 aromatic rings. The van der Waals surface area contributed by atoms with Crippen LogP contribution >= 0.6 is 0 Å². The molecule has 0 fully saturated rings. The van der Waals surface area contributed by atoms with Crippen LogP contribution in [0, 0.1) is 0 Å². The summed E-state index contributed by atoms with van der Waals surface area (Å²) in [7, 11) is 2.79. The molecule has 0 saturated carbocycles. The maximum atomic E-state index is 12.7. The Bertz CT molecular complexity index is 1010. The van der Waals surface area contributed by atoms with Crippen LogP contribution in [-0.2, 0) is 14.4 Å². The number of hydrazine groups is 2. The second-order valence-corrected chi connectivity index (χ2v) is 6.60. The zero-order valence-corrected chi connectivity index (χ0v) is 17.8.